The van der Waals surface area contributed by atoms with Crippen molar-refractivity contribution in [3.8, 4) is 0 Å². The maximum Gasteiger partial charge on any atom is 0.0429 e. The first-order valence-electron chi connectivity index (χ1n) is 8.07. The number of benzene rings is 2. The highest BCUT2D eigenvalue weighted by atomic mass is 79.9. The summed E-state index contributed by atoms with van der Waals surface area (Å²) in [4.78, 5) is 2.57. The van der Waals surface area contributed by atoms with Crippen molar-refractivity contribution in [3.05, 3.63) is 64.1 Å². The third kappa shape index (κ3) is 2.37. The van der Waals surface area contributed by atoms with Crippen LogP contribution in [0.3, 0.4) is 0 Å². The van der Waals surface area contributed by atoms with E-state index in [0.717, 1.165) is 26.2 Å². The third-order valence-corrected chi connectivity index (χ3v) is 5.79. The monoisotopic (exact) mass is 356 g/mol. The van der Waals surface area contributed by atoms with Gasteiger partial charge in [0.05, 0.1) is 0 Å². The van der Waals surface area contributed by atoms with Gasteiger partial charge < -0.3 is 10.2 Å². The van der Waals surface area contributed by atoms with Crippen LogP contribution >= 0.6 is 15.9 Å². The van der Waals surface area contributed by atoms with Crippen molar-refractivity contribution in [2.24, 2.45) is 0 Å². The normalized spacial score (nSPS) is 19.4. The summed E-state index contributed by atoms with van der Waals surface area (Å²) in [6.07, 6.45) is 2.46. The van der Waals surface area contributed by atoms with Crippen molar-refractivity contribution >= 4 is 21.6 Å². The molecule has 2 heterocycles. The summed E-state index contributed by atoms with van der Waals surface area (Å²) < 4.78 is 1.28. The third-order valence-electron chi connectivity index (χ3n) is 5.13. The molecule has 0 saturated carbocycles. The van der Waals surface area contributed by atoms with Gasteiger partial charge in [0.1, 0.15) is 0 Å². The highest BCUT2D eigenvalue weighted by Crippen LogP contribution is 2.49. The molecule has 0 radical (unpaired) electrons. The summed E-state index contributed by atoms with van der Waals surface area (Å²) in [5, 5.41) is 3.52. The van der Waals surface area contributed by atoms with E-state index in [1.165, 1.54) is 34.1 Å². The minimum atomic E-state index is 0.315. The van der Waals surface area contributed by atoms with Gasteiger partial charge in [-0.05, 0) is 49.2 Å². The molecule has 1 spiro atoms. The Morgan fingerprint density at radius 3 is 2.55 bits per heavy atom. The lowest BCUT2D eigenvalue weighted by Crippen LogP contribution is -2.43. The van der Waals surface area contributed by atoms with Crippen LogP contribution in [0.15, 0.2) is 53.0 Å². The van der Waals surface area contributed by atoms with Gasteiger partial charge in [0.2, 0.25) is 0 Å². The van der Waals surface area contributed by atoms with Gasteiger partial charge in [0.25, 0.3) is 0 Å². The molecule has 4 rings (SSSR count). The van der Waals surface area contributed by atoms with E-state index in [9.17, 15) is 0 Å². The lowest BCUT2D eigenvalue weighted by atomic mass is 9.75. The number of nitrogens with zero attached hydrogens (tertiary/aromatic N) is 1. The van der Waals surface area contributed by atoms with Crippen molar-refractivity contribution in [1.29, 1.82) is 0 Å². The molecule has 2 aliphatic rings. The Morgan fingerprint density at radius 1 is 1.00 bits per heavy atom. The fraction of sp³-hybridized carbons (Fsp3) is 0.368. The van der Waals surface area contributed by atoms with Crippen LogP contribution in [0.5, 0.6) is 0 Å². The molecule has 22 heavy (non-hydrogen) atoms. The number of anilines is 1. The quantitative estimate of drug-likeness (QED) is 0.871. The number of fused-ring (bicyclic) bond motifs is 2. The summed E-state index contributed by atoms with van der Waals surface area (Å²) in [6.45, 7) is 4.39. The number of rotatable bonds is 2. The molecule has 114 valence electrons. The number of hydrogen-bond acceptors (Lipinski definition) is 2. The van der Waals surface area contributed by atoms with Gasteiger partial charge >= 0.3 is 0 Å². The first-order valence-corrected chi connectivity index (χ1v) is 8.86. The van der Waals surface area contributed by atoms with Crippen LogP contribution < -0.4 is 10.2 Å². The van der Waals surface area contributed by atoms with E-state index >= 15 is 0 Å². The maximum absolute atomic E-state index is 3.82. The Morgan fingerprint density at radius 2 is 1.77 bits per heavy atom. The van der Waals surface area contributed by atoms with Gasteiger partial charge in [-0.2, -0.15) is 0 Å². The Labute approximate surface area is 140 Å². The van der Waals surface area contributed by atoms with E-state index in [1.807, 2.05) is 0 Å². The average molecular weight is 357 g/mol. The molecule has 2 aliphatic heterocycles. The molecule has 1 N–H and O–H groups in total. The molecule has 2 aromatic carbocycles. The van der Waals surface area contributed by atoms with E-state index in [1.54, 1.807) is 0 Å². The molecule has 3 heteroatoms. The molecule has 2 aromatic rings. The van der Waals surface area contributed by atoms with Crippen molar-refractivity contribution in [1.82, 2.24) is 5.32 Å². The largest absolute Gasteiger partial charge is 0.366 e. The minimum Gasteiger partial charge on any atom is -0.366 e. The van der Waals surface area contributed by atoms with Crippen molar-refractivity contribution < 1.29 is 0 Å². The lowest BCUT2D eigenvalue weighted by molar-refractivity contribution is 0.324. The van der Waals surface area contributed by atoms with Gasteiger partial charge in [-0.1, -0.05) is 52.3 Å². The van der Waals surface area contributed by atoms with Crippen LogP contribution in [0, 0.1) is 0 Å². The van der Waals surface area contributed by atoms with Crippen LogP contribution in [0.25, 0.3) is 0 Å². The Hall–Kier alpha value is -1.32. The molecule has 0 unspecified atom stereocenters. The SMILES string of the molecule is Brc1cccc2c1C1(CCNCC1)CN2Cc1ccccc1. The number of nitrogens with one attached hydrogen (secondary N) is 1. The number of hydrogen-bond donors (Lipinski definition) is 1. The van der Waals surface area contributed by atoms with Gasteiger partial charge in [0.15, 0.2) is 0 Å². The van der Waals surface area contributed by atoms with Gasteiger partial charge in [0, 0.05) is 28.7 Å². The Balaban J connectivity index is 1.72. The predicted molar refractivity (Wildman–Crippen MR) is 95.4 cm³/mol. The predicted octanol–water partition coefficient (Wildman–Crippen LogP) is 4.09. The molecule has 0 bridgehead atoms. The van der Waals surface area contributed by atoms with E-state index in [4.69, 9.17) is 0 Å². The first-order chi connectivity index (χ1) is 10.8. The van der Waals surface area contributed by atoms with Crippen molar-refractivity contribution in [2.75, 3.05) is 24.5 Å². The van der Waals surface area contributed by atoms with Gasteiger partial charge in [-0.3, -0.25) is 0 Å². The molecule has 0 aromatic heterocycles. The van der Waals surface area contributed by atoms with Crippen molar-refractivity contribution in [2.45, 2.75) is 24.8 Å². The fourth-order valence-corrected chi connectivity index (χ4v) is 4.87. The molecule has 0 atom stereocenters. The molecule has 1 fully saturated rings. The second-order valence-electron chi connectivity index (χ2n) is 6.51. The molecule has 1 saturated heterocycles. The van der Waals surface area contributed by atoms with E-state index in [-0.39, 0.29) is 0 Å². The Kier molecular flexibility index (Phi) is 3.71. The van der Waals surface area contributed by atoms with E-state index < -0.39 is 0 Å². The summed E-state index contributed by atoms with van der Waals surface area (Å²) in [7, 11) is 0. The number of halogens is 1. The molecule has 2 nitrogen and oxygen atoms in total. The smallest absolute Gasteiger partial charge is 0.0429 e. The van der Waals surface area contributed by atoms with Crippen LogP contribution in [0.1, 0.15) is 24.0 Å². The van der Waals surface area contributed by atoms with Gasteiger partial charge in [-0.25, -0.2) is 0 Å². The van der Waals surface area contributed by atoms with E-state index in [2.05, 4.69) is 74.7 Å². The second-order valence-corrected chi connectivity index (χ2v) is 7.36. The van der Waals surface area contributed by atoms with Crippen LogP contribution in [0.4, 0.5) is 5.69 Å². The summed E-state index contributed by atoms with van der Waals surface area (Å²) in [5.74, 6) is 0. The maximum atomic E-state index is 3.82. The van der Waals surface area contributed by atoms with E-state index in [0.29, 0.717) is 5.41 Å². The average Bonchev–Trinajstić information content (AvgIpc) is 2.84. The lowest BCUT2D eigenvalue weighted by Gasteiger charge is -2.35. The first kappa shape index (κ1) is 14.3. The molecular weight excluding hydrogens is 336 g/mol. The summed E-state index contributed by atoms with van der Waals surface area (Å²) in [6, 6.07) is 17.5. The zero-order valence-corrected chi connectivity index (χ0v) is 14.3. The second kappa shape index (κ2) is 5.71. The number of piperidine rings is 1. The molecule has 0 amide bonds. The zero-order chi connectivity index (χ0) is 15.0. The topological polar surface area (TPSA) is 15.3 Å². The highest BCUT2D eigenvalue weighted by molar-refractivity contribution is 9.10. The van der Waals surface area contributed by atoms with Crippen LogP contribution in [-0.4, -0.2) is 19.6 Å². The minimum absolute atomic E-state index is 0.315. The standard InChI is InChI=1S/C19H21BrN2/c20-16-7-4-8-17-18(16)19(9-11-21-12-10-19)14-22(17)13-15-5-2-1-3-6-15/h1-8,21H,9-14H2. The molecular formula is C19H21BrN2. The fourth-order valence-electron chi connectivity index (χ4n) is 4.09. The summed E-state index contributed by atoms with van der Waals surface area (Å²) >= 11 is 3.82. The molecule has 0 aliphatic carbocycles. The Bertz CT molecular complexity index is 662. The van der Waals surface area contributed by atoms with Gasteiger partial charge in [-0.15, -0.1) is 0 Å². The highest BCUT2D eigenvalue weighted by Gasteiger charge is 2.44. The van der Waals surface area contributed by atoms with Crippen LogP contribution in [-0.2, 0) is 12.0 Å². The zero-order valence-electron chi connectivity index (χ0n) is 12.7. The van der Waals surface area contributed by atoms with Crippen LogP contribution in [0.2, 0.25) is 0 Å². The summed E-state index contributed by atoms with van der Waals surface area (Å²) in [5.41, 5.74) is 4.65. The van der Waals surface area contributed by atoms with Crippen molar-refractivity contribution in [3.63, 3.8) is 0 Å².